The van der Waals surface area contributed by atoms with Gasteiger partial charge in [0.15, 0.2) is 6.61 Å². The fourth-order valence-corrected chi connectivity index (χ4v) is 3.03. The Labute approximate surface area is 161 Å². The molecule has 2 aromatic rings. The van der Waals surface area contributed by atoms with Gasteiger partial charge in [0, 0.05) is 23.9 Å². The third-order valence-electron chi connectivity index (χ3n) is 4.28. The molecule has 146 valence electrons. The minimum absolute atomic E-state index is 0.0532. The molecule has 28 heavy (non-hydrogen) atoms. The number of nitrogens with zero attached hydrogens (tertiary/aromatic N) is 1. The minimum Gasteiger partial charge on any atom is -0.452 e. The first-order chi connectivity index (χ1) is 13.5. The van der Waals surface area contributed by atoms with Crippen molar-refractivity contribution in [2.75, 3.05) is 18.1 Å². The molecular formula is C21H19F2NO4. The van der Waals surface area contributed by atoms with E-state index in [1.165, 1.54) is 18.2 Å². The topological polar surface area (TPSA) is 55.8 Å². The maximum Gasteiger partial charge on any atom is 0.387 e. The van der Waals surface area contributed by atoms with Crippen LogP contribution in [-0.4, -0.2) is 31.6 Å². The molecule has 1 aliphatic heterocycles. The standard InChI is InChI=1S/C21H19F2NO4/c22-21(23)28-18-10-4-2-7-16(18)11-12-20(26)27-14-19(25)24-13-5-8-15-6-1-3-9-17(15)24/h1-4,6-7,9-12,21H,5,8,13-14H2/b12-11+. The Morgan fingerprint density at radius 3 is 2.68 bits per heavy atom. The molecule has 0 unspecified atom stereocenters. The van der Waals surface area contributed by atoms with Crippen LogP contribution in [0.5, 0.6) is 5.75 Å². The highest BCUT2D eigenvalue weighted by Gasteiger charge is 2.22. The molecule has 1 amide bonds. The van der Waals surface area contributed by atoms with E-state index in [0.717, 1.165) is 30.2 Å². The van der Waals surface area contributed by atoms with E-state index in [2.05, 4.69) is 4.74 Å². The van der Waals surface area contributed by atoms with E-state index < -0.39 is 19.2 Å². The van der Waals surface area contributed by atoms with Crippen molar-refractivity contribution < 1.29 is 27.8 Å². The van der Waals surface area contributed by atoms with Gasteiger partial charge in [-0.05, 0) is 36.6 Å². The predicted octanol–water partition coefficient (Wildman–Crippen LogP) is 3.82. The average molecular weight is 387 g/mol. The number of halogens is 2. The molecule has 0 fully saturated rings. The zero-order chi connectivity index (χ0) is 19.9. The first-order valence-corrected chi connectivity index (χ1v) is 8.81. The van der Waals surface area contributed by atoms with Gasteiger partial charge < -0.3 is 14.4 Å². The van der Waals surface area contributed by atoms with Gasteiger partial charge in [-0.15, -0.1) is 0 Å². The van der Waals surface area contributed by atoms with Crippen molar-refractivity contribution in [3.05, 3.63) is 65.7 Å². The van der Waals surface area contributed by atoms with Crippen molar-refractivity contribution in [3.8, 4) is 5.75 Å². The van der Waals surface area contributed by atoms with Gasteiger partial charge >= 0.3 is 12.6 Å². The van der Waals surface area contributed by atoms with Gasteiger partial charge in [0.05, 0.1) is 0 Å². The number of carbonyl (C=O) groups excluding carboxylic acids is 2. The normalized spacial score (nSPS) is 13.5. The second-order valence-corrected chi connectivity index (χ2v) is 6.14. The van der Waals surface area contributed by atoms with Gasteiger partial charge in [0.25, 0.3) is 5.91 Å². The molecule has 0 saturated heterocycles. The Morgan fingerprint density at radius 1 is 1.11 bits per heavy atom. The van der Waals surface area contributed by atoms with Crippen molar-refractivity contribution in [3.63, 3.8) is 0 Å². The molecule has 0 aromatic heterocycles. The first kappa shape index (κ1) is 19.5. The lowest BCUT2D eigenvalue weighted by Crippen LogP contribution is -2.38. The molecule has 5 nitrogen and oxygen atoms in total. The fraction of sp³-hybridized carbons (Fsp3) is 0.238. The highest BCUT2D eigenvalue weighted by atomic mass is 19.3. The number of hydrogen-bond donors (Lipinski definition) is 0. The number of carbonyl (C=O) groups is 2. The maximum absolute atomic E-state index is 12.4. The lowest BCUT2D eigenvalue weighted by molar-refractivity contribution is -0.142. The van der Waals surface area contributed by atoms with Crippen LogP contribution in [0.3, 0.4) is 0 Å². The second kappa shape index (κ2) is 9.12. The van der Waals surface area contributed by atoms with Gasteiger partial charge in [-0.25, -0.2) is 4.79 Å². The van der Waals surface area contributed by atoms with Crippen LogP contribution in [0.25, 0.3) is 6.08 Å². The maximum atomic E-state index is 12.4. The quantitative estimate of drug-likeness (QED) is 0.559. The Bertz CT molecular complexity index is 882. The molecule has 0 spiro atoms. The van der Waals surface area contributed by atoms with Gasteiger partial charge in [0.2, 0.25) is 0 Å². The Kier molecular flexibility index (Phi) is 6.37. The summed E-state index contributed by atoms with van der Waals surface area (Å²) < 4.78 is 34.2. The Balaban J connectivity index is 1.58. The number of anilines is 1. The summed E-state index contributed by atoms with van der Waals surface area (Å²) in [5.74, 6) is -1.11. The summed E-state index contributed by atoms with van der Waals surface area (Å²) in [4.78, 5) is 26.0. The number of esters is 1. The largest absolute Gasteiger partial charge is 0.452 e. The van der Waals surface area contributed by atoms with Crippen LogP contribution in [-0.2, 0) is 20.7 Å². The van der Waals surface area contributed by atoms with E-state index >= 15 is 0 Å². The summed E-state index contributed by atoms with van der Waals surface area (Å²) in [6.07, 6.45) is 4.13. The number of rotatable bonds is 6. The van der Waals surface area contributed by atoms with Crippen LogP contribution in [0, 0.1) is 0 Å². The lowest BCUT2D eigenvalue weighted by atomic mass is 10.0. The monoisotopic (exact) mass is 387 g/mol. The zero-order valence-corrected chi connectivity index (χ0v) is 15.0. The lowest BCUT2D eigenvalue weighted by Gasteiger charge is -2.29. The number of para-hydroxylation sites is 2. The summed E-state index contributed by atoms with van der Waals surface area (Å²) in [5, 5.41) is 0. The third kappa shape index (κ3) is 4.94. The molecule has 0 saturated carbocycles. The number of amides is 1. The van der Waals surface area contributed by atoms with E-state index in [9.17, 15) is 18.4 Å². The van der Waals surface area contributed by atoms with Crippen molar-refractivity contribution >= 4 is 23.6 Å². The number of alkyl halides is 2. The van der Waals surface area contributed by atoms with Crippen LogP contribution in [0.2, 0.25) is 0 Å². The molecular weight excluding hydrogens is 368 g/mol. The van der Waals surface area contributed by atoms with E-state index in [4.69, 9.17) is 4.74 Å². The molecule has 1 heterocycles. The van der Waals surface area contributed by atoms with Crippen LogP contribution >= 0.6 is 0 Å². The van der Waals surface area contributed by atoms with Crippen LogP contribution in [0.4, 0.5) is 14.5 Å². The van der Waals surface area contributed by atoms with E-state index in [0.29, 0.717) is 12.1 Å². The van der Waals surface area contributed by atoms with E-state index in [1.807, 2.05) is 24.3 Å². The average Bonchev–Trinajstić information content (AvgIpc) is 2.70. The SMILES string of the molecule is O=C(/C=C/c1ccccc1OC(F)F)OCC(=O)N1CCCc2ccccc21. The molecule has 1 aliphatic rings. The highest BCUT2D eigenvalue weighted by Crippen LogP contribution is 2.26. The summed E-state index contributed by atoms with van der Waals surface area (Å²) in [5.41, 5.74) is 2.23. The number of hydrogen-bond acceptors (Lipinski definition) is 4. The fourth-order valence-electron chi connectivity index (χ4n) is 3.03. The second-order valence-electron chi connectivity index (χ2n) is 6.14. The van der Waals surface area contributed by atoms with E-state index in [1.54, 1.807) is 17.0 Å². The molecule has 3 rings (SSSR count). The summed E-state index contributed by atoms with van der Waals surface area (Å²) in [6, 6.07) is 13.7. The first-order valence-electron chi connectivity index (χ1n) is 8.81. The zero-order valence-electron chi connectivity index (χ0n) is 15.0. The molecule has 0 N–H and O–H groups in total. The molecule has 7 heteroatoms. The smallest absolute Gasteiger partial charge is 0.387 e. The number of fused-ring (bicyclic) bond motifs is 1. The number of ether oxygens (including phenoxy) is 2. The van der Waals surface area contributed by atoms with Crippen LogP contribution in [0.1, 0.15) is 17.5 Å². The van der Waals surface area contributed by atoms with Crippen LogP contribution in [0.15, 0.2) is 54.6 Å². The summed E-state index contributed by atoms with van der Waals surface area (Å²) >= 11 is 0. The summed E-state index contributed by atoms with van der Waals surface area (Å²) in [6.45, 7) is -2.79. The van der Waals surface area contributed by atoms with E-state index in [-0.39, 0.29) is 11.7 Å². The Morgan fingerprint density at radius 2 is 1.86 bits per heavy atom. The van der Waals surface area contributed by atoms with Crippen molar-refractivity contribution in [1.29, 1.82) is 0 Å². The van der Waals surface area contributed by atoms with Crippen molar-refractivity contribution in [2.24, 2.45) is 0 Å². The summed E-state index contributed by atoms with van der Waals surface area (Å²) in [7, 11) is 0. The van der Waals surface area contributed by atoms with Crippen molar-refractivity contribution in [1.82, 2.24) is 0 Å². The van der Waals surface area contributed by atoms with Gasteiger partial charge in [0.1, 0.15) is 5.75 Å². The van der Waals surface area contributed by atoms with Gasteiger partial charge in [-0.3, -0.25) is 4.79 Å². The Hall–Kier alpha value is -3.22. The van der Waals surface area contributed by atoms with Crippen LogP contribution < -0.4 is 9.64 Å². The molecule has 0 radical (unpaired) electrons. The molecule has 0 atom stereocenters. The van der Waals surface area contributed by atoms with Gasteiger partial charge in [-0.1, -0.05) is 36.4 Å². The van der Waals surface area contributed by atoms with Gasteiger partial charge in [-0.2, -0.15) is 8.78 Å². The third-order valence-corrected chi connectivity index (χ3v) is 4.28. The predicted molar refractivity (Wildman–Crippen MR) is 100 cm³/mol. The highest BCUT2D eigenvalue weighted by molar-refractivity contribution is 5.97. The number of aryl methyl sites for hydroxylation is 1. The minimum atomic E-state index is -2.97. The molecule has 0 aliphatic carbocycles. The molecule has 0 bridgehead atoms. The number of benzene rings is 2. The molecule has 2 aromatic carbocycles. The van der Waals surface area contributed by atoms with Crippen molar-refractivity contribution in [2.45, 2.75) is 19.5 Å².